The summed E-state index contributed by atoms with van der Waals surface area (Å²) in [6.45, 7) is 0.709. The molecule has 0 aliphatic heterocycles. The van der Waals surface area contributed by atoms with Crippen molar-refractivity contribution in [2.75, 3.05) is 5.32 Å². The lowest BCUT2D eigenvalue weighted by molar-refractivity contribution is 0.264. The molecule has 1 N–H and O–H groups in total. The fourth-order valence-electron chi connectivity index (χ4n) is 2.08. The quantitative estimate of drug-likeness (QED) is 0.678. The van der Waals surface area contributed by atoms with Gasteiger partial charge in [0.15, 0.2) is 6.61 Å². The van der Waals surface area contributed by atoms with E-state index in [0.717, 1.165) is 10.0 Å². The summed E-state index contributed by atoms with van der Waals surface area (Å²) in [5.74, 6) is 1.41. The highest BCUT2D eigenvalue weighted by Crippen LogP contribution is 2.20. The first-order valence-corrected chi connectivity index (χ1v) is 8.10. The fraction of sp³-hybridized carbons (Fsp3) is 0.111. The van der Waals surface area contributed by atoms with Crippen molar-refractivity contribution >= 4 is 21.8 Å². The average molecular weight is 384 g/mol. The molecule has 2 aromatic carbocycles. The van der Waals surface area contributed by atoms with Crippen LogP contribution < -0.4 is 10.1 Å². The zero-order chi connectivity index (χ0) is 16.8. The molecule has 0 aliphatic carbocycles. The van der Waals surface area contributed by atoms with Gasteiger partial charge < -0.3 is 14.5 Å². The standard InChI is InChI=1S/C18H14BrN3O2/c19-14-6-8-15(9-7-14)23-12-17-22-16(10-20)18(24-17)21-11-13-4-2-1-3-5-13/h1-9,21H,11-12H2. The van der Waals surface area contributed by atoms with Gasteiger partial charge in [0.25, 0.3) is 0 Å². The molecular weight excluding hydrogens is 370 g/mol. The SMILES string of the molecule is N#Cc1nc(COc2ccc(Br)cc2)oc1NCc1ccccc1. The normalized spacial score (nSPS) is 10.2. The highest BCUT2D eigenvalue weighted by atomic mass is 79.9. The lowest BCUT2D eigenvalue weighted by Crippen LogP contribution is -1.99. The zero-order valence-electron chi connectivity index (χ0n) is 12.7. The number of nitrogens with one attached hydrogen (secondary N) is 1. The molecule has 1 heterocycles. The molecule has 24 heavy (non-hydrogen) atoms. The summed E-state index contributed by atoms with van der Waals surface area (Å²) in [5.41, 5.74) is 1.31. The number of benzene rings is 2. The molecule has 0 saturated heterocycles. The predicted octanol–water partition coefficient (Wildman–Crippen LogP) is 4.50. The van der Waals surface area contributed by atoms with E-state index in [1.807, 2.05) is 60.7 Å². The van der Waals surface area contributed by atoms with Crippen molar-refractivity contribution in [3.8, 4) is 11.8 Å². The lowest BCUT2D eigenvalue weighted by atomic mass is 10.2. The monoisotopic (exact) mass is 383 g/mol. The van der Waals surface area contributed by atoms with Crippen molar-refractivity contribution < 1.29 is 9.15 Å². The summed E-state index contributed by atoms with van der Waals surface area (Å²) in [6, 6.07) is 19.3. The van der Waals surface area contributed by atoms with Crippen LogP contribution in [0.15, 0.2) is 63.5 Å². The number of nitrogens with zero attached hydrogens (tertiary/aromatic N) is 2. The molecule has 0 atom stereocenters. The third-order valence-corrected chi connectivity index (χ3v) is 3.78. The zero-order valence-corrected chi connectivity index (χ0v) is 14.3. The Morgan fingerprint density at radius 1 is 1.12 bits per heavy atom. The van der Waals surface area contributed by atoms with Gasteiger partial charge in [0.1, 0.15) is 11.8 Å². The van der Waals surface area contributed by atoms with E-state index in [4.69, 9.17) is 9.15 Å². The van der Waals surface area contributed by atoms with E-state index in [1.54, 1.807) is 0 Å². The van der Waals surface area contributed by atoms with Gasteiger partial charge in [-0.25, -0.2) is 0 Å². The molecule has 120 valence electrons. The van der Waals surface area contributed by atoms with Gasteiger partial charge in [-0.15, -0.1) is 0 Å². The van der Waals surface area contributed by atoms with Crippen LogP contribution in [-0.2, 0) is 13.2 Å². The summed E-state index contributed by atoms with van der Waals surface area (Å²) in [6.07, 6.45) is 0. The van der Waals surface area contributed by atoms with Crippen molar-refractivity contribution in [1.82, 2.24) is 4.98 Å². The van der Waals surface area contributed by atoms with Crippen LogP contribution in [0, 0.1) is 11.3 Å². The third-order valence-electron chi connectivity index (χ3n) is 3.25. The fourth-order valence-corrected chi connectivity index (χ4v) is 2.34. The Morgan fingerprint density at radius 3 is 2.58 bits per heavy atom. The Morgan fingerprint density at radius 2 is 1.88 bits per heavy atom. The van der Waals surface area contributed by atoms with Crippen molar-refractivity contribution in [2.45, 2.75) is 13.2 Å². The molecule has 3 aromatic rings. The molecule has 0 bridgehead atoms. The van der Waals surface area contributed by atoms with Crippen molar-refractivity contribution in [1.29, 1.82) is 5.26 Å². The van der Waals surface area contributed by atoms with Gasteiger partial charge in [-0.05, 0) is 29.8 Å². The predicted molar refractivity (Wildman–Crippen MR) is 93.5 cm³/mol. The summed E-state index contributed by atoms with van der Waals surface area (Å²) in [5, 5.41) is 12.3. The molecule has 0 fully saturated rings. The minimum absolute atomic E-state index is 0.156. The first kappa shape index (κ1) is 16.1. The van der Waals surface area contributed by atoms with E-state index in [-0.39, 0.29) is 12.3 Å². The second-order valence-electron chi connectivity index (χ2n) is 4.98. The van der Waals surface area contributed by atoms with Crippen LogP contribution in [0.4, 0.5) is 5.88 Å². The van der Waals surface area contributed by atoms with E-state index >= 15 is 0 Å². The van der Waals surface area contributed by atoms with Gasteiger partial charge in [0, 0.05) is 11.0 Å². The van der Waals surface area contributed by atoms with Crippen LogP contribution in [0.3, 0.4) is 0 Å². The number of aromatic nitrogens is 1. The second kappa shape index (κ2) is 7.66. The topological polar surface area (TPSA) is 71.1 Å². The van der Waals surface area contributed by atoms with Crippen LogP contribution in [0.1, 0.15) is 17.1 Å². The number of oxazole rings is 1. The van der Waals surface area contributed by atoms with Gasteiger partial charge in [-0.2, -0.15) is 10.2 Å². The van der Waals surface area contributed by atoms with Gasteiger partial charge in [-0.3, -0.25) is 0 Å². The highest BCUT2D eigenvalue weighted by Gasteiger charge is 2.13. The van der Waals surface area contributed by atoms with E-state index in [0.29, 0.717) is 24.1 Å². The maximum Gasteiger partial charge on any atom is 0.236 e. The first-order chi connectivity index (χ1) is 11.7. The summed E-state index contributed by atoms with van der Waals surface area (Å²) in [4.78, 5) is 4.15. The lowest BCUT2D eigenvalue weighted by Gasteiger charge is -2.04. The van der Waals surface area contributed by atoms with Gasteiger partial charge in [0.05, 0.1) is 0 Å². The Hall–Kier alpha value is -2.78. The van der Waals surface area contributed by atoms with Crippen LogP contribution in [0.5, 0.6) is 5.75 Å². The van der Waals surface area contributed by atoms with Gasteiger partial charge in [0.2, 0.25) is 17.5 Å². The first-order valence-electron chi connectivity index (χ1n) is 7.30. The van der Waals surface area contributed by atoms with E-state index in [1.165, 1.54) is 0 Å². The molecule has 0 saturated carbocycles. The van der Waals surface area contributed by atoms with Crippen molar-refractivity contribution in [2.24, 2.45) is 0 Å². The minimum Gasteiger partial charge on any atom is -0.484 e. The average Bonchev–Trinajstić information content (AvgIpc) is 3.03. The number of hydrogen-bond acceptors (Lipinski definition) is 5. The van der Waals surface area contributed by atoms with Crippen LogP contribution in [-0.4, -0.2) is 4.98 Å². The smallest absolute Gasteiger partial charge is 0.236 e. The Labute approximate surface area is 148 Å². The number of anilines is 1. The number of ether oxygens (including phenoxy) is 1. The molecule has 0 unspecified atom stereocenters. The van der Waals surface area contributed by atoms with Crippen LogP contribution in [0.2, 0.25) is 0 Å². The summed E-state index contributed by atoms with van der Waals surface area (Å²) >= 11 is 3.37. The van der Waals surface area contributed by atoms with Crippen molar-refractivity contribution in [3.05, 3.63) is 76.2 Å². The van der Waals surface area contributed by atoms with Crippen molar-refractivity contribution in [3.63, 3.8) is 0 Å². The summed E-state index contributed by atoms with van der Waals surface area (Å²) < 4.78 is 12.2. The summed E-state index contributed by atoms with van der Waals surface area (Å²) in [7, 11) is 0. The van der Waals surface area contributed by atoms with E-state index in [2.05, 4.69) is 26.2 Å². The molecule has 1 aromatic heterocycles. The van der Waals surface area contributed by atoms with Crippen LogP contribution >= 0.6 is 15.9 Å². The van der Waals surface area contributed by atoms with Crippen LogP contribution in [0.25, 0.3) is 0 Å². The number of nitriles is 1. The molecule has 0 amide bonds. The second-order valence-corrected chi connectivity index (χ2v) is 5.89. The number of hydrogen-bond donors (Lipinski definition) is 1. The van der Waals surface area contributed by atoms with Gasteiger partial charge >= 0.3 is 0 Å². The molecule has 0 spiro atoms. The highest BCUT2D eigenvalue weighted by molar-refractivity contribution is 9.10. The Balaban J connectivity index is 1.64. The maximum atomic E-state index is 9.19. The molecule has 5 nitrogen and oxygen atoms in total. The van der Waals surface area contributed by atoms with Gasteiger partial charge in [-0.1, -0.05) is 46.3 Å². The maximum absolute atomic E-state index is 9.19. The molecule has 6 heteroatoms. The molecular formula is C18H14BrN3O2. The molecule has 0 aliphatic rings. The number of halogens is 1. The molecule has 0 radical (unpaired) electrons. The Bertz CT molecular complexity index is 839. The number of rotatable bonds is 6. The largest absolute Gasteiger partial charge is 0.484 e. The third kappa shape index (κ3) is 4.15. The Kier molecular flexibility index (Phi) is 5.14. The van der Waals surface area contributed by atoms with E-state index < -0.39 is 0 Å². The van der Waals surface area contributed by atoms with E-state index in [9.17, 15) is 5.26 Å². The molecule has 3 rings (SSSR count). The minimum atomic E-state index is 0.156.